The third kappa shape index (κ3) is 4.53. The summed E-state index contributed by atoms with van der Waals surface area (Å²) in [4.78, 5) is 23.3. The monoisotopic (exact) mass is 294 g/mol. The first kappa shape index (κ1) is 15.4. The minimum absolute atomic E-state index is 0.0225. The fourth-order valence-corrected chi connectivity index (χ4v) is 2.51. The van der Waals surface area contributed by atoms with E-state index in [0.717, 1.165) is 19.3 Å². The highest BCUT2D eigenvalue weighted by Gasteiger charge is 2.22. The minimum Gasteiger partial charge on any atom is -0.393 e. The lowest BCUT2D eigenvalue weighted by molar-refractivity contribution is -0.136. The average molecular weight is 294 g/mol. The Morgan fingerprint density at radius 3 is 2.71 bits per heavy atom. The molecule has 1 aromatic carbocycles. The Labute approximate surface area is 122 Å². The van der Waals surface area contributed by atoms with Crippen molar-refractivity contribution in [2.45, 2.75) is 31.8 Å². The molecule has 1 aliphatic carbocycles. The van der Waals surface area contributed by atoms with Gasteiger partial charge in [0.15, 0.2) is 0 Å². The molecule has 1 aliphatic rings. The summed E-state index contributed by atoms with van der Waals surface area (Å²) in [6.45, 7) is 0.348. The van der Waals surface area contributed by atoms with Crippen LogP contribution in [0.5, 0.6) is 0 Å². The lowest BCUT2D eigenvalue weighted by Gasteiger charge is -2.25. The van der Waals surface area contributed by atoms with Gasteiger partial charge in [-0.15, -0.1) is 0 Å². The van der Waals surface area contributed by atoms with E-state index in [-0.39, 0.29) is 17.7 Å². The molecule has 2 amide bonds. The molecule has 0 saturated heterocycles. The fraction of sp³-hybridized carbons (Fsp3) is 0.467. The Balaban J connectivity index is 1.80. The number of carbonyl (C=O) groups is 2. The quantitative estimate of drug-likeness (QED) is 0.738. The first-order valence-corrected chi connectivity index (χ1v) is 7.08. The Kier molecular flexibility index (Phi) is 5.27. The summed E-state index contributed by atoms with van der Waals surface area (Å²) in [5.74, 6) is -2.09. The van der Waals surface area contributed by atoms with Crippen molar-refractivity contribution in [3.8, 4) is 0 Å². The lowest BCUT2D eigenvalue weighted by Crippen LogP contribution is -2.39. The molecule has 0 aliphatic heterocycles. The fourth-order valence-electron chi connectivity index (χ4n) is 2.51. The number of para-hydroxylation sites is 1. The zero-order chi connectivity index (χ0) is 15.2. The zero-order valence-electron chi connectivity index (χ0n) is 11.6. The lowest BCUT2D eigenvalue weighted by atomic mass is 9.87. The van der Waals surface area contributed by atoms with E-state index in [1.54, 1.807) is 6.07 Å². The predicted octanol–water partition coefficient (Wildman–Crippen LogP) is 1.43. The molecule has 1 aromatic rings. The molecule has 1 saturated carbocycles. The third-order valence-corrected chi connectivity index (χ3v) is 3.63. The van der Waals surface area contributed by atoms with Crippen LogP contribution in [0.15, 0.2) is 24.3 Å². The van der Waals surface area contributed by atoms with Gasteiger partial charge >= 0.3 is 11.8 Å². The molecule has 21 heavy (non-hydrogen) atoms. The topological polar surface area (TPSA) is 78.4 Å². The van der Waals surface area contributed by atoms with Crippen molar-refractivity contribution in [3.63, 3.8) is 0 Å². The summed E-state index contributed by atoms with van der Waals surface area (Å²) in [7, 11) is 0. The van der Waals surface area contributed by atoms with Gasteiger partial charge < -0.3 is 15.7 Å². The van der Waals surface area contributed by atoms with Crippen LogP contribution in [0.25, 0.3) is 0 Å². The summed E-state index contributed by atoms with van der Waals surface area (Å²) in [6, 6.07) is 5.66. The molecule has 0 radical (unpaired) electrons. The molecular formula is C15H19FN2O3. The maximum Gasteiger partial charge on any atom is 0.313 e. The van der Waals surface area contributed by atoms with E-state index in [4.69, 9.17) is 0 Å². The second kappa shape index (κ2) is 7.17. The largest absolute Gasteiger partial charge is 0.393 e. The number of amides is 2. The third-order valence-electron chi connectivity index (χ3n) is 3.63. The maximum atomic E-state index is 13.4. The number of anilines is 1. The second-order valence-electron chi connectivity index (χ2n) is 5.33. The van der Waals surface area contributed by atoms with E-state index >= 15 is 0 Å². The van der Waals surface area contributed by atoms with Gasteiger partial charge in [-0.25, -0.2) is 4.39 Å². The summed E-state index contributed by atoms with van der Waals surface area (Å²) in [5.41, 5.74) is -0.0225. The number of hydrogen-bond donors (Lipinski definition) is 3. The van der Waals surface area contributed by atoms with Gasteiger partial charge in [0, 0.05) is 6.54 Å². The number of aliphatic hydroxyl groups is 1. The molecule has 2 atom stereocenters. The SMILES string of the molecule is O=C(NCC1CCCC(O)C1)C(=O)Nc1ccccc1F. The van der Waals surface area contributed by atoms with Crippen LogP contribution in [-0.4, -0.2) is 29.6 Å². The second-order valence-corrected chi connectivity index (χ2v) is 5.33. The molecule has 0 heterocycles. The van der Waals surface area contributed by atoms with E-state index in [9.17, 15) is 19.1 Å². The zero-order valence-corrected chi connectivity index (χ0v) is 11.6. The van der Waals surface area contributed by atoms with Crippen LogP contribution in [-0.2, 0) is 9.59 Å². The van der Waals surface area contributed by atoms with Gasteiger partial charge in [0.2, 0.25) is 0 Å². The van der Waals surface area contributed by atoms with Gasteiger partial charge in [0.25, 0.3) is 0 Å². The highest BCUT2D eigenvalue weighted by atomic mass is 19.1. The van der Waals surface area contributed by atoms with Crippen molar-refractivity contribution < 1.29 is 19.1 Å². The van der Waals surface area contributed by atoms with Gasteiger partial charge in [-0.3, -0.25) is 9.59 Å². The normalized spacial score (nSPS) is 21.6. The Hall–Kier alpha value is -1.95. The number of rotatable bonds is 3. The number of nitrogens with one attached hydrogen (secondary N) is 2. The van der Waals surface area contributed by atoms with Gasteiger partial charge in [-0.2, -0.15) is 0 Å². The number of benzene rings is 1. The number of aliphatic hydroxyl groups excluding tert-OH is 1. The van der Waals surface area contributed by atoms with Crippen LogP contribution >= 0.6 is 0 Å². The molecule has 1 fully saturated rings. The van der Waals surface area contributed by atoms with Crippen molar-refractivity contribution in [1.29, 1.82) is 0 Å². The van der Waals surface area contributed by atoms with Gasteiger partial charge in [-0.1, -0.05) is 18.6 Å². The van der Waals surface area contributed by atoms with E-state index in [0.29, 0.717) is 13.0 Å². The molecule has 0 bridgehead atoms. The first-order valence-electron chi connectivity index (χ1n) is 7.08. The predicted molar refractivity (Wildman–Crippen MR) is 76.0 cm³/mol. The van der Waals surface area contributed by atoms with Crippen molar-refractivity contribution >= 4 is 17.5 Å². The standard InChI is InChI=1S/C15H19FN2O3/c16-12-6-1-2-7-13(12)18-15(21)14(20)17-9-10-4-3-5-11(19)8-10/h1-2,6-7,10-11,19H,3-5,8-9H2,(H,17,20)(H,18,21). The van der Waals surface area contributed by atoms with E-state index in [1.807, 2.05) is 0 Å². The van der Waals surface area contributed by atoms with Crippen molar-refractivity contribution in [3.05, 3.63) is 30.1 Å². The van der Waals surface area contributed by atoms with Crippen LogP contribution in [0.1, 0.15) is 25.7 Å². The summed E-state index contributed by atoms with van der Waals surface area (Å²) >= 11 is 0. The summed E-state index contributed by atoms with van der Waals surface area (Å²) in [5, 5.41) is 14.3. The van der Waals surface area contributed by atoms with Crippen molar-refractivity contribution in [2.75, 3.05) is 11.9 Å². The Morgan fingerprint density at radius 1 is 1.24 bits per heavy atom. The number of carbonyl (C=O) groups excluding carboxylic acids is 2. The molecular weight excluding hydrogens is 275 g/mol. The van der Waals surface area contributed by atoms with Gasteiger partial charge in [0.1, 0.15) is 5.82 Å². The van der Waals surface area contributed by atoms with Crippen molar-refractivity contribution in [1.82, 2.24) is 5.32 Å². The maximum absolute atomic E-state index is 13.4. The van der Waals surface area contributed by atoms with E-state index in [1.165, 1.54) is 18.2 Å². The van der Waals surface area contributed by atoms with Crippen LogP contribution in [0.2, 0.25) is 0 Å². The molecule has 114 valence electrons. The highest BCUT2D eigenvalue weighted by Crippen LogP contribution is 2.23. The van der Waals surface area contributed by atoms with E-state index < -0.39 is 17.6 Å². The van der Waals surface area contributed by atoms with Crippen LogP contribution in [0.3, 0.4) is 0 Å². The van der Waals surface area contributed by atoms with Gasteiger partial charge in [0.05, 0.1) is 11.8 Å². The molecule has 5 nitrogen and oxygen atoms in total. The molecule has 3 N–H and O–H groups in total. The Bertz CT molecular complexity index is 521. The number of halogens is 1. The molecule has 2 rings (SSSR count). The minimum atomic E-state index is -0.892. The molecule has 2 unspecified atom stereocenters. The van der Waals surface area contributed by atoms with E-state index in [2.05, 4.69) is 10.6 Å². The smallest absolute Gasteiger partial charge is 0.313 e. The molecule has 6 heteroatoms. The summed E-state index contributed by atoms with van der Waals surface area (Å²) in [6.07, 6.45) is 2.94. The van der Waals surface area contributed by atoms with Crippen LogP contribution in [0.4, 0.5) is 10.1 Å². The first-order chi connectivity index (χ1) is 10.1. The molecule has 0 spiro atoms. The Morgan fingerprint density at radius 2 is 2.00 bits per heavy atom. The average Bonchev–Trinajstić information content (AvgIpc) is 2.47. The molecule has 0 aromatic heterocycles. The van der Waals surface area contributed by atoms with Crippen LogP contribution < -0.4 is 10.6 Å². The summed E-state index contributed by atoms with van der Waals surface area (Å²) < 4.78 is 13.4. The van der Waals surface area contributed by atoms with Crippen molar-refractivity contribution in [2.24, 2.45) is 5.92 Å². The van der Waals surface area contributed by atoms with Crippen LogP contribution in [0, 0.1) is 11.7 Å². The highest BCUT2D eigenvalue weighted by molar-refractivity contribution is 6.39. The number of hydrogen-bond acceptors (Lipinski definition) is 3. The van der Waals surface area contributed by atoms with Gasteiger partial charge in [-0.05, 0) is 37.3 Å².